The Bertz CT molecular complexity index is 491. The fraction of sp³-hybridized carbons (Fsp3) is 0.100. The monoisotopic (exact) mass is 188 g/mol. The lowest BCUT2D eigenvalue weighted by Crippen LogP contribution is -2.05. The maximum Gasteiger partial charge on any atom is 0.276 e. The Hall–Kier alpha value is -1.97. The molecule has 0 fully saturated rings. The van der Waals surface area contributed by atoms with E-state index in [0.717, 1.165) is 0 Å². The van der Waals surface area contributed by atoms with Gasteiger partial charge in [0.15, 0.2) is 0 Å². The maximum absolute atomic E-state index is 11.1. The van der Waals surface area contributed by atoms with E-state index in [1.807, 2.05) is 0 Å². The molecule has 0 radical (unpaired) electrons. The molecule has 70 valence electrons. The van der Waals surface area contributed by atoms with Gasteiger partial charge in [-0.15, -0.1) is 0 Å². The van der Waals surface area contributed by atoms with Crippen molar-refractivity contribution < 1.29 is 4.42 Å². The molecular weight excluding hydrogens is 180 g/mol. The van der Waals surface area contributed by atoms with Crippen molar-refractivity contribution >= 4 is 0 Å². The Kier molecular flexibility index (Phi) is 2.10. The molecule has 0 bridgehead atoms. The quantitative estimate of drug-likeness (QED) is 0.678. The van der Waals surface area contributed by atoms with Gasteiger partial charge in [0.25, 0.3) is 5.56 Å². The summed E-state index contributed by atoms with van der Waals surface area (Å²) in [4.78, 5) is 18.8. The van der Waals surface area contributed by atoms with E-state index in [9.17, 15) is 4.79 Å². The third kappa shape index (κ3) is 1.69. The van der Waals surface area contributed by atoms with Gasteiger partial charge in [0, 0.05) is 18.5 Å². The molecule has 4 heteroatoms. The normalized spacial score (nSPS) is 10.1. The zero-order valence-corrected chi connectivity index (χ0v) is 7.60. The molecule has 0 aliphatic rings. The highest BCUT2D eigenvalue weighted by Gasteiger charge is 2.03. The van der Waals surface area contributed by atoms with E-state index in [2.05, 4.69) is 9.97 Å². The fourth-order valence-electron chi connectivity index (χ4n) is 1.12. The third-order valence-electron chi connectivity index (χ3n) is 1.70. The molecule has 2 aromatic heterocycles. The highest BCUT2D eigenvalue weighted by atomic mass is 16.3. The number of hydrogen-bond acceptors (Lipinski definition) is 4. The smallest absolute Gasteiger partial charge is 0.276 e. The number of aromatic nitrogens is 2. The molecule has 4 nitrogen and oxygen atoms in total. The topological polar surface area (TPSA) is 56.0 Å². The van der Waals surface area contributed by atoms with E-state index in [1.54, 1.807) is 31.5 Å². The van der Waals surface area contributed by atoms with E-state index in [0.29, 0.717) is 17.2 Å². The minimum atomic E-state index is -0.299. The Morgan fingerprint density at radius 3 is 2.93 bits per heavy atom. The largest absolute Gasteiger partial charge is 0.443 e. The van der Waals surface area contributed by atoms with Crippen molar-refractivity contribution in [3.05, 3.63) is 46.7 Å². The summed E-state index contributed by atoms with van der Waals surface area (Å²) in [6.07, 6.45) is 3.25. The van der Waals surface area contributed by atoms with Gasteiger partial charge in [0.05, 0.1) is 5.56 Å². The SMILES string of the molecule is Cc1cc(=O)nc(-c2cccnc2)o1. The first kappa shape index (κ1) is 8.62. The third-order valence-corrected chi connectivity index (χ3v) is 1.70. The molecule has 0 aromatic carbocycles. The molecule has 2 aromatic rings. The van der Waals surface area contributed by atoms with Crippen molar-refractivity contribution in [1.82, 2.24) is 9.97 Å². The Labute approximate surface area is 80.3 Å². The summed E-state index contributed by atoms with van der Waals surface area (Å²) < 4.78 is 5.29. The fourth-order valence-corrected chi connectivity index (χ4v) is 1.12. The summed E-state index contributed by atoms with van der Waals surface area (Å²) in [6, 6.07) is 4.90. The molecule has 2 rings (SSSR count). The number of hydrogen-bond donors (Lipinski definition) is 0. The predicted molar refractivity (Wildman–Crippen MR) is 50.7 cm³/mol. The second-order valence-electron chi connectivity index (χ2n) is 2.85. The van der Waals surface area contributed by atoms with Crippen molar-refractivity contribution in [1.29, 1.82) is 0 Å². The first-order chi connectivity index (χ1) is 6.75. The van der Waals surface area contributed by atoms with Crippen LogP contribution in [0, 0.1) is 6.92 Å². The van der Waals surface area contributed by atoms with Crippen molar-refractivity contribution in [2.24, 2.45) is 0 Å². The molecule has 0 unspecified atom stereocenters. The molecule has 2 heterocycles. The van der Waals surface area contributed by atoms with Gasteiger partial charge in [-0.05, 0) is 19.1 Å². The summed E-state index contributed by atoms with van der Waals surface area (Å²) in [7, 11) is 0. The van der Waals surface area contributed by atoms with Crippen LogP contribution < -0.4 is 5.56 Å². The minimum absolute atomic E-state index is 0.299. The van der Waals surface area contributed by atoms with Crippen LogP contribution in [0.2, 0.25) is 0 Å². The number of nitrogens with zero attached hydrogens (tertiary/aromatic N) is 2. The van der Waals surface area contributed by atoms with Crippen molar-refractivity contribution in [3.8, 4) is 11.5 Å². The maximum atomic E-state index is 11.1. The summed E-state index contributed by atoms with van der Waals surface area (Å²) in [5, 5.41) is 0. The van der Waals surface area contributed by atoms with Crippen LogP contribution in [0.3, 0.4) is 0 Å². The van der Waals surface area contributed by atoms with E-state index < -0.39 is 0 Å². The second kappa shape index (κ2) is 3.41. The van der Waals surface area contributed by atoms with Crippen LogP contribution in [0.25, 0.3) is 11.5 Å². The van der Waals surface area contributed by atoms with Crippen LogP contribution in [0.4, 0.5) is 0 Å². The van der Waals surface area contributed by atoms with Gasteiger partial charge in [-0.2, -0.15) is 4.98 Å². The van der Waals surface area contributed by atoms with Gasteiger partial charge in [0.2, 0.25) is 5.89 Å². The minimum Gasteiger partial charge on any atom is -0.443 e. The van der Waals surface area contributed by atoms with E-state index in [-0.39, 0.29) is 5.56 Å². The zero-order valence-electron chi connectivity index (χ0n) is 7.60. The van der Waals surface area contributed by atoms with Crippen molar-refractivity contribution in [2.75, 3.05) is 0 Å². The Morgan fingerprint density at radius 2 is 2.29 bits per heavy atom. The number of rotatable bonds is 1. The first-order valence-corrected chi connectivity index (χ1v) is 4.15. The lowest BCUT2D eigenvalue weighted by Gasteiger charge is -1.98. The van der Waals surface area contributed by atoms with Crippen molar-refractivity contribution in [3.63, 3.8) is 0 Å². The van der Waals surface area contributed by atoms with Crippen LogP contribution in [-0.2, 0) is 0 Å². The second-order valence-corrected chi connectivity index (χ2v) is 2.85. The summed E-state index contributed by atoms with van der Waals surface area (Å²) in [5.74, 6) is 0.854. The van der Waals surface area contributed by atoms with Gasteiger partial charge in [-0.3, -0.25) is 9.78 Å². The highest BCUT2D eigenvalue weighted by molar-refractivity contribution is 5.50. The van der Waals surface area contributed by atoms with Crippen LogP contribution in [0.1, 0.15) is 5.76 Å². The molecular formula is C10H8N2O2. The Morgan fingerprint density at radius 1 is 1.43 bits per heavy atom. The van der Waals surface area contributed by atoms with E-state index in [1.165, 1.54) is 6.07 Å². The van der Waals surface area contributed by atoms with Crippen LogP contribution in [0.15, 0.2) is 39.8 Å². The van der Waals surface area contributed by atoms with E-state index >= 15 is 0 Å². The zero-order chi connectivity index (χ0) is 9.97. The van der Waals surface area contributed by atoms with E-state index in [4.69, 9.17) is 4.42 Å². The molecule has 0 saturated heterocycles. The van der Waals surface area contributed by atoms with Gasteiger partial charge >= 0.3 is 0 Å². The average Bonchev–Trinajstić information content (AvgIpc) is 2.18. The van der Waals surface area contributed by atoms with Gasteiger partial charge in [0.1, 0.15) is 5.76 Å². The van der Waals surface area contributed by atoms with Gasteiger partial charge in [-0.1, -0.05) is 0 Å². The first-order valence-electron chi connectivity index (χ1n) is 4.15. The standard InChI is InChI=1S/C10H8N2O2/c1-7-5-9(13)12-10(14-7)8-3-2-4-11-6-8/h2-6H,1H3. The average molecular weight is 188 g/mol. The molecule has 0 saturated carbocycles. The number of pyridine rings is 1. The molecule has 0 atom stereocenters. The molecule has 0 amide bonds. The summed E-state index contributed by atoms with van der Waals surface area (Å²) in [5.41, 5.74) is 0.404. The summed E-state index contributed by atoms with van der Waals surface area (Å²) >= 11 is 0. The number of aryl methyl sites for hydroxylation is 1. The van der Waals surface area contributed by atoms with Crippen LogP contribution in [-0.4, -0.2) is 9.97 Å². The highest BCUT2D eigenvalue weighted by Crippen LogP contribution is 2.13. The molecule has 0 aliphatic heterocycles. The van der Waals surface area contributed by atoms with Gasteiger partial charge < -0.3 is 4.42 Å². The Balaban J connectivity index is 2.58. The van der Waals surface area contributed by atoms with Crippen molar-refractivity contribution in [2.45, 2.75) is 6.92 Å². The molecule has 0 spiro atoms. The lowest BCUT2D eigenvalue weighted by atomic mass is 10.3. The summed E-state index contributed by atoms with van der Waals surface area (Å²) in [6.45, 7) is 1.71. The molecule has 0 aliphatic carbocycles. The predicted octanol–water partition coefficient (Wildman–Crippen LogP) is 1.41. The molecule has 14 heavy (non-hydrogen) atoms. The lowest BCUT2D eigenvalue weighted by molar-refractivity contribution is 0.509. The van der Waals surface area contributed by atoms with Crippen LogP contribution >= 0.6 is 0 Å². The van der Waals surface area contributed by atoms with Gasteiger partial charge in [-0.25, -0.2) is 0 Å². The van der Waals surface area contributed by atoms with Crippen LogP contribution in [0.5, 0.6) is 0 Å². The molecule has 0 N–H and O–H groups in total.